The van der Waals surface area contributed by atoms with Gasteiger partial charge in [-0.3, -0.25) is 4.90 Å². The number of nitrogens with zero attached hydrogens (tertiary/aromatic N) is 4. The lowest BCUT2D eigenvalue weighted by Crippen LogP contribution is -2.43. The molecule has 0 bridgehead atoms. The van der Waals surface area contributed by atoms with Gasteiger partial charge in [0, 0.05) is 32.7 Å². The van der Waals surface area contributed by atoms with Crippen LogP contribution in [0.2, 0.25) is 0 Å². The minimum atomic E-state index is 0.0717. The fraction of sp³-hybridized carbons (Fsp3) is 0.500. The molecule has 0 spiro atoms. The predicted molar refractivity (Wildman–Crippen MR) is 82.1 cm³/mol. The first-order valence-corrected chi connectivity index (χ1v) is 7.91. The van der Waals surface area contributed by atoms with Gasteiger partial charge in [0.1, 0.15) is 11.8 Å². The van der Waals surface area contributed by atoms with Crippen molar-refractivity contribution in [2.45, 2.75) is 25.8 Å². The van der Waals surface area contributed by atoms with Crippen LogP contribution in [0.5, 0.6) is 0 Å². The molecule has 0 amide bonds. The Hall–Kier alpha value is -1.76. The van der Waals surface area contributed by atoms with Gasteiger partial charge in [0.15, 0.2) is 0 Å². The molecule has 1 unspecified atom stereocenters. The zero-order chi connectivity index (χ0) is 14.8. The second-order valence-electron chi connectivity index (χ2n) is 5.90. The van der Waals surface area contributed by atoms with Crippen molar-refractivity contribution >= 4 is 0 Å². The van der Waals surface area contributed by atoms with Gasteiger partial charge in [0.2, 0.25) is 0 Å². The summed E-state index contributed by atoms with van der Waals surface area (Å²) in [5.74, 6) is 0. The van der Waals surface area contributed by atoms with E-state index in [2.05, 4.69) is 32.7 Å². The van der Waals surface area contributed by atoms with E-state index in [4.69, 9.17) is 4.74 Å². The molecule has 1 saturated heterocycles. The fourth-order valence-electron chi connectivity index (χ4n) is 3.14. The van der Waals surface area contributed by atoms with Gasteiger partial charge in [0.25, 0.3) is 0 Å². The molecule has 2 aromatic rings. The molecule has 3 heterocycles. The number of benzene rings is 1. The van der Waals surface area contributed by atoms with E-state index in [-0.39, 0.29) is 6.10 Å². The Morgan fingerprint density at radius 1 is 1.18 bits per heavy atom. The van der Waals surface area contributed by atoms with Gasteiger partial charge in [-0.15, -0.1) is 5.10 Å². The number of hydrogen-bond acceptors (Lipinski definition) is 5. The van der Waals surface area contributed by atoms with Gasteiger partial charge in [0.05, 0.1) is 18.8 Å². The van der Waals surface area contributed by atoms with Crippen LogP contribution in [0.1, 0.15) is 23.1 Å². The summed E-state index contributed by atoms with van der Waals surface area (Å²) in [5.41, 5.74) is 3.39. The van der Waals surface area contributed by atoms with E-state index in [1.807, 2.05) is 22.9 Å². The molecule has 0 radical (unpaired) electrons. The highest BCUT2D eigenvalue weighted by atomic mass is 16.5. The SMILES string of the molecule is c1ccc(C2Cn3nnc(CN4CCNCC4)c3CO2)cc1. The van der Waals surface area contributed by atoms with Gasteiger partial charge in [-0.1, -0.05) is 35.5 Å². The molecule has 0 aliphatic carbocycles. The molecule has 1 fully saturated rings. The van der Waals surface area contributed by atoms with Crippen LogP contribution in [0, 0.1) is 0 Å². The van der Waals surface area contributed by atoms with Crippen LogP contribution in [-0.4, -0.2) is 46.1 Å². The number of ether oxygens (including phenoxy) is 1. The summed E-state index contributed by atoms with van der Waals surface area (Å²) in [7, 11) is 0. The third kappa shape index (κ3) is 2.77. The lowest BCUT2D eigenvalue weighted by atomic mass is 10.1. The zero-order valence-corrected chi connectivity index (χ0v) is 12.6. The van der Waals surface area contributed by atoms with Crippen LogP contribution >= 0.6 is 0 Å². The second kappa shape index (κ2) is 6.16. The molecular weight excluding hydrogens is 278 g/mol. The normalized spacial score (nSPS) is 22.5. The molecule has 0 saturated carbocycles. The van der Waals surface area contributed by atoms with Gasteiger partial charge < -0.3 is 10.1 Å². The Morgan fingerprint density at radius 3 is 2.82 bits per heavy atom. The van der Waals surface area contributed by atoms with E-state index in [0.717, 1.165) is 50.7 Å². The number of rotatable bonds is 3. The maximum absolute atomic E-state index is 6.05. The molecule has 1 atom stereocenters. The number of aromatic nitrogens is 3. The molecule has 6 nitrogen and oxygen atoms in total. The summed E-state index contributed by atoms with van der Waals surface area (Å²) >= 11 is 0. The summed E-state index contributed by atoms with van der Waals surface area (Å²) in [6, 6.07) is 10.3. The summed E-state index contributed by atoms with van der Waals surface area (Å²) in [6.07, 6.45) is 0.0717. The van der Waals surface area contributed by atoms with E-state index in [1.165, 1.54) is 5.56 Å². The smallest absolute Gasteiger partial charge is 0.103 e. The van der Waals surface area contributed by atoms with Crippen molar-refractivity contribution in [3.8, 4) is 0 Å². The highest BCUT2D eigenvalue weighted by Gasteiger charge is 2.25. The number of nitrogens with one attached hydrogen (secondary N) is 1. The fourth-order valence-corrected chi connectivity index (χ4v) is 3.14. The molecule has 116 valence electrons. The molecular formula is C16H21N5O. The van der Waals surface area contributed by atoms with Crippen molar-refractivity contribution in [1.82, 2.24) is 25.2 Å². The van der Waals surface area contributed by atoms with E-state index in [9.17, 15) is 0 Å². The molecule has 6 heteroatoms. The van der Waals surface area contributed by atoms with Gasteiger partial charge in [-0.25, -0.2) is 4.68 Å². The van der Waals surface area contributed by atoms with Crippen LogP contribution in [-0.2, 0) is 24.4 Å². The maximum Gasteiger partial charge on any atom is 0.103 e. The molecule has 22 heavy (non-hydrogen) atoms. The van der Waals surface area contributed by atoms with Crippen LogP contribution in [0.15, 0.2) is 30.3 Å². The largest absolute Gasteiger partial charge is 0.365 e. The monoisotopic (exact) mass is 299 g/mol. The molecule has 1 aromatic heterocycles. The Balaban J connectivity index is 1.48. The average Bonchev–Trinajstić information content (AvgIpc) is 2.99. The second-order valence-corrected chi connectivity index (χ2v) is 5.90. The van der Waals surface area contributed by atoms with E-state index < -0.39 is 0 Å². The Bertz CT molecular complexity index is 621. The Morgan fingerprint density at radius 2 is 2.00 bits per heavy atom. The van der Waals surface area contributed by atoms with Crippen LogP contribution in [0.25, 0.3) is 0 Å². The number of fused-ring (bicyclic) bond motifs is 1. The van der Waals surface area contributed by atoms with Crippen LogP contribution in [0.4, 0.5) is 0 Å². The number of hydrogen-bond donors (Lipinski definition) is 1. The highest BCUT2D eigenvalue weighted by Crippen LogP contribution is 2.27. The molecule has 1 N–H and O–H groups in total. The zero-order valence-electron chi connectivity index (χ0n) is 12.6. The van der Waals surface area contributed by atoms with E-state index in [1.54, 1.807) is 0 Å². The minimum absolute atomic E-state index is 0.0717. The van der Waals surface area contributed by atoms with Crippen LogP contribution < -0.4 is 5.32 Å². The molecule has 2 aliphatic rings. The minimum Gasteiger partial charge on any atom is -0.365 e. The first kappa shape index (κ1) is 13.9. The summed E-state index contributed by atoms with van der Waals surface area (Å²) in [4.78, 5) is 2.42. The molecule has 2 aliphatic heterocycles. The van der Waals surface area contributed by atoms with Crippen LogP contribution in [0.3, 0.4) is 0 Å². The lowest BCUT2D eigenvalue weighted by molar-refractivity contribution is -0.00212. The predicted octanol–water partition coefficient (Wildman–Crippen LogP) is 0.955. The maximum atomic E-state index is 6.05. The van der Waals surface area contributed by atoms with Crippen molar-refractivity contribution in [2.75, 3.05) is 26.2 Å². The number of piperazine rings is 1. The van der Waals surface area contributed by atoms with Gasteiger partial charge in [-0.2, -0.15) is 0 Å². The van der Waals surface area contributed by atoms with Crippen molar-refractivity contribution in [1.29, 1.82) is 0 Å². The van der Waals surface area contributed by atoms with Crippen molar-refractivity contribution < 1.29 is 4.74 Å². The standard InChI is InChI=1S/C16H21N5O/c1-2-4-13(5-3-1)16-11-21-15(12-22-16)14(18-19-21)10-20-8-6-17-7-9-20/h1-5,16-17H,6-12H2. The first-order chi connectivity index (χ1) is 10.9. The van der Waals surface area contributed by atoms with Crippen molar-refractivity contribution in [3.63, 3.8) is 0 Å². The molecule has 1 aromatic carbocycles. The van der Waals surface area contributed by atoms with Gasteiger partial charge in [-0.05, 0) is 5.56 Å². The highest BCUT2D eigenvalue weighted by molar-refractivity contribution is 5.19. The van der Waals surface area contributed by atoms with Crippen molar-refractivity contribution in [3.05, 3.63) is 47.3 Å². The Kier molecular flexibility index (Phi) is 3.88. The van der Waals surface area contributed by atoms with Crippen molar-refractivity contribution in [2.24, 2.45) is 0 Å². The Labute approximate surface area is 130 Å². The lowest BCUT2D eigenvalue weighted by Gasteiger charge is -2.28. The summed E-state index contributed by atoms with van der Waals surface area (Å²) in [6.45, 7) is 6.45. The third-order valence-corrected chi connectivity index (χ3v) is 4.43. The van der Waals surface area contributed by atoms with Gasteiger partial charge >= 0.3 is 0 Å². The van der Waals surface area contributed by atoms with E-state index >= 15 is 0 Å². The summed E-state index contributed by atoms with van der Waals surface area (Å²) in [5, 5.41) is 12.1. The summed E-state index contributed by atoms with van der Waals surface area (Å²) < 4.78 is 8.06. The first-order valence-electron chi connectivity index (χ1n) is 7.91. The molecule has 4 rings (SSSR count). The van der Waals surface area contributed by atoms with E-state index in [0.29, 0.717) is 6.61 Å². The topological polar surface area (TPSA) is 55.2 Å². The average molecular weight is 299 g/mol. The third-order valence-electron chi connectivity index (χ3n) is 4.43. The quantitative estimate of drug-likeness (QED) is 0.915.